The number of hydrogen-bond donors (Lipinski definition) is 0. The van der Waals surface area contributed by atoms with Crippen LogP contribution in [0.5, 0.6) is 0 Å². The molecule has 1 aromatic carbocycles. The minimum atomic E-state index is 0.0359. The van der Waals surface area contributed by atoms with Crippen molar-refractivity contribution < 1.29 is 4.74 Å². The average molecular weight is 354 g/mol. The Labute approximate surface area is 133 Å². The Bertz CT molecular complexity index is 574. The van der Waals surface area contributed by atoms with Crippen LogP contribution in [-0.4, -0.2) is 11.6 Å². The zero-order valence-electron chi connectivity index (χ0n) is 12.3. The molecule has 0 radical (unpaired) electrons. The van der Waals surface area contributed by atoms with E-state index < -0.39 is 0 Å². The van der Waals surface area contributed by atoms with Crippen LogP contribution < -0.4 is 0 Å². The third kappa shape index (κ3) is 3.48. The van der Waals surface area contributed by atoms with Crippen molar-refractivity contribution in [2.45, 2.75) is 33.8 Å². The van der Waals surface area contributed by atoms with Gasteiger partial charge in [0.25, 0.3) is 0 Å². The fourth-order valence-corrected chi connectivity index (χ4v) is 3.66. The molecule has 0 aliphatic heterocycles. The summed E-state index contributed by atoms with van der Waals surface area (Å²) in [6.07, 6.45) is 0.0359. The highest BCUT2D eigenvalue weighted by Gasteiger charge is 2.29. The van der Waals surface area contributed by atoms with Crippen LogP contribution in [0.25, 0.3) is 11.3 Å². The highest BCUT2D eigenvalue weighted by Crippen LogP contribution is 2.39. The Hall–Kier alpha value is -0.710. The van der Waals surface area contributed by atoms with Crippen molar-refractivity contribution in [1.29, 1.82) is 0 Å². The van der Waals surface area contributed by atoms with Crippen molar-refractivity contribution in [2.24, 2.45) is 5.41 Å². The van der Waals surface area contributed by atoms with Crippen LogP contribution >= 0.6 is 27.3 Å². The fourth-order valence-electron chi connectivity index (χ4n) is 2.06. The van der Waals surface area contributed by atoms with Crippen molar-refractivity contribution in [3.8, 4) is 11.3 Å². The van der Waals surface area contributed by atoms with Gasteiger partial charge >= 0.3 is 0 Å². The normalized spacial score (nSPS) is 13.4. The summed E-state index contributed by atoms with van der Waals surface area (Å²) in [5.74, 6) is 0. The maximum Gasteiger partial charge on any atom is 0.123 e. The minimum Gasteiger partial charge on any atom is -0.371 e. The van der Waals surface area contributed by atoms with E-state index in [9.17, 15) is 0 Å². The van der Waals surface area contributed by atoms with E-state index in [1.165, 1.54) is 0 Å². The van der Waals surface area contributed by atoms with Crippen molar-refractivity contribution in [3.63, 3.8) is 0 Å². The molecule has 0 amide bonds. The van der Waals surface area contributed by atoms with Crippen LogP contribution in [0, 0.1) is 5.41 Å². The number of benzene rings is 1. The van der Waals surface area contributed by atoms with E-state index in [-0.39, 0.29) is 11.5 Å². The van der Waals surface area contributed by atoms with Crippen LogP contribution in [0.1, 0.15) is 38.8 Å². The molecule has 0 N–H and O–H groups in total. The summed E-state index contributed by atoms with van der Waals surface area (Å²) >= 11 is 5.25. The number of ether oxygens (including phenoxy) is 1. The molecule has 2 nitrogen and oxygen atoms in total. The molecule has 108 valence electrons. The molecule has 20 heavy (non-hydrogen) atoms. The van der Waals surface area contributed by atoms with Crippen molar-refractivity contribution in [3.05, 3.63) is 39.1 Å². The van der Waals surface area contributed by atoms with Crippen LogP contribution in [-0.2, 0) is 4.74 Å². The monoisotopic (exact) mass is 353 g/mol. The summed E-state index contributed by atoms with van der Waals surface area (Å²) in [5.41, 5.74) is 2.17. The van der Waals surface area contributed by atoms with E-state index in [2.05, 4.69) is 48.1 Å². The SMILES string of the molecule is CCOC(c1nc(-c2ccccc2Br)cs1)C(C)(C)C. The second-order valence-electron chi connectivity index (χ2n) is 5.75. The molecule has 0 saturated carbocycles. The Balaban J connectivity index is 2.35. The lowest BCUT2D eigenvalue weighted by atomic mass is 9.89. The summed E-state index contributed by atoms with van der Waals surface area (Å²) in [5, 5.41) is 3.15. The van der Waals surface area contributed by atoms with Gasteiger partial charge in [-0.2, -0.15) is 0 Å². The van der Waals surface area contributed by atoms with Gasteiger partial charge in [-0.25, -0.2) is 4.98 Å². The first-order valence-electron chi connectivity index (χ1n) is 6.75. The minimum absolute atomic E-state index is 0.0359. The predicted octanol–water partition coefficient (Wildman–Crippen LogP) is 5.70. The van der Waals surface area contributed by atoms with Gasteiger partial charge in [0.05, 0.1) is 5.69 Å². The topological polar surface area (TPSA) is 22.1 Å². The Morgan fingerprint density at radius 2 is 2.00 bits per heavy atom. The van der Waals surface area contributed by atoms with E-state index in [0.717, 1.165) is 20.7 Å². The molecule has 0 saturated heterocycles. The van der Waals surface area contributed by atoms with E-state index >= 15 is 0 Å². The number of rotatable bonds is 4. The van der Waals surface area contributed by atoms with Crippen molar-refractivity contribution >= 4 is 27.3 Å². The largest absolute Gasteiger partial charge is 0.371 e. The molecular weight excluding hydrogens is 334 g/mol. The number of aromatic nitrogens is 1. The number of halogens is 1. The maximum atomic E-state index is 5.91. The Kier molecular flexibility index (Phi) is 4.99. The zero-order chi connectivity index (χ0) is 14.8. The highest BCUT2D eigenvalue weighted by atomic mass is 79.9. The molecule has 0 spiro atoms. The first-order valence-corrected chi connectivity index (χ1v) is 8.42. The van der Waals surface area contributed by atoms with Gasteiger partial charge < -0.3 is 4.74 Å². The van der Waals surface area contributed by atoms with Crippen molar-refractivity contribution in [1.82, 2.24) is 4.98 Å². The molecule has 1 unspecified atom stereocenters. The van der Waals surface area contributed by atoms with Gasteiger partial charge in [0, 0.05) is 22.0 Å². The number of hydrogen-bond acceptors (Lipinski definition) is 3. The highest BCUT2D eigenvalue weighted by molar-refractivity contribution is 9.10. The molecular formula is C16H20BrNOS. The molecule has 2 rings (SSSR count). The molecule has 2 aromatic rings. The molecule has 1 aromatic heterocycles. The summed E-state index contributed by atoms with van der Waals surface area (Å²) in [4.78, 5) is 4.79. The predicted molar refractivity (Wildman–Crippen MR) is 89.1 cm³/mol. The van der Waals surface area contributed by atoms with Gasteiger partial charge in [-0.3, -0.25) is 0 Å². The molecule has 4 heteroatoms. The molecule has 1 atom stereocenters. The standard InChI is InChI=1S/C16H20BrNOS/c1-5-19-14(16(2,3)4)15-18-13(10-20-15)11-8-6-7-9-12(11)17/h6-10,14H,5H2,1-4H3. The van der Waals surface area contributed by atoms with E-state index in [0.29, 0.717) is 6.61 Å². The summed E-state index contributed by atoms with van der Waals surface area (Å²) in [6, 6.07) is 8.16. The molecule has 0 fully saturated rings. The fraction of sp³-hybridized carbons (Fsp3) is 0.438. The van der Waals surface area contributed by atoms with Gasteiger partial charge in [0.15, 0.2) is 0 Å². The molecule has 0 aliphatic carbocycles. The molecule has 0 aliphatic rings. The lowest BCUT2D eigenvalue weighted by Crippen LogP contribution is -2.21. The first kappa shape index (κ1) is 15.7. The van der Waals surface area contributed by atoms with Gasteiger partial charge in [0.1, 0.15) is 11.1 Å². The van der Waals surface area contributed by atoms with Gasteiger partial charge in [-0.1, -0.05) is 54.9 Å². The number of thiazole rings is 1. The first-order chi connectivity index (χ1) is 9.43. The third-order valence-electron chi connectivity index (χ3n) is 3.02. The maximum absolute atomic E-state index is 5.91. The van der Waals surface area contributed by atoms with Gasteiger partial charge in [-0.15, -0.1) is 11.3 Å². The second-order valence-corrected chi connectivity index (χ2v) is 7.50. The molecule has 1 heterocycles. The quantitative estimate of drug-likeness (QED) is 0.703. The van der Waals surface area contributed by atoms with Gasteiger partial charge in [-0.05, 0) is 18.4 Å². The lowest BCUT2D eigenvalue weighted by Gasteiger charge is -2.28. The summed E-state index contributed by atoms with van der Waals surface area (Å²) in [7, 11) is 0. The van der Waals surface area contributed by atoms with Crippen LogP contribution in [0.3, 0.4) is 0 Å². The Morgan fingerprint density at radius 3 is 2.60 bits per heavy atom. The Morgan fingerprint density at radius 1 is 1.30 bits per heavy atom. The van der Waals surface area contributed by atoms with Gasteiger partial charge in [0.2, 0.25) is 0 Å². The number of nitrogens with zero attached hydrogens (tertiary/aromatic N) is 1. The summed E-state index contributed by atoms with van der Waals surface area (Å²) in [6.45, 7) is 9.29. The third-order valence-corrected chi connectivity index (χ3v) is 4.60. The van der Waals surface area contributed by atoms with Crippen LogP contribution in [0.15, 0.2) is 34.1 Å². The van der Waals surface area contributed by atoms with Crippen LogP contribution in [0.2, 0.25) is 0 Å². The van der Waals surface area contributed by atoms with Crippen LogP contribution in [0.4, 0.5) is 0 Å². The molecule has 0 bridgehead atoms. The van der Waals surface area contributed by atoms with Crippen molar-refractivity contribution in [2.75, 3.05) is 6.61 Å². The van der Waals surface area contributed by atoms with E-state index in [1.54, 1.807) is 11.3 Å². The average Bonchev–Trinajstić information content (AvgIpc) is 2.84. The second kappa shape index (κ2) is 6.37. The zero-order valence-corrected chi connectivity index (χ0v) is 14.7. The van der Waals surface area contributed by atoms with E-state index in [1.807, 2.05) is 25.1 Å². The lowest BCUT2D eigenvalue weighted by molar-refractivity contribution is -0.0133. The summed E-state index contributed by atoms with van der Waals surface area (Å²) < 4.78 is 6.98. The van der Waals surface area contributed by atoms with E-state index in [4.69, 9.17) is 9.72 Å². The smallest absolute Gasteiger partial charge is 0.123 e.